The smallest absolute Gasteiger partial charge is 0.309 e. The lowest BCUT2D eigenvalue weighted by molar-refractivity contribution is -0.149. The number of aromatic nitrogens is 1. The monoisotopic (exact) mass is 237 g/mol. The Kier molecular flexibility index (Phi) is 4.49. The summed E-state index contributed by atoms with van der Waals surface area (Å²) in [4.78, 5) is 15.5. The summed E-state index contributed by atoms with van der Waals surface area (Å²) in [6, 6.07) is 3.67. The van der Waals surface area contributed by atoms with Gasteiger partial charge in [-0.15, -0.1) is 0 Å². The third-order valence-electron chi connectivity index (χ3n) is 3.38. The quantitative estimate of drug-likeness (QED) is 0.826. The normalized spacial score (nSPS) is 11.2. The fourth-order valence-corrected chi connectivity index (χ4v) is 1.99. The Balaban J connectivity index is 3.05. The van der Waals surface area contributed by atoms with Crippen LogP contribution in [0.1, 0.15) is 32.3 Å². The minimum Gasteiger partial charge on any atom is -0.481 e. The Morgan fingerprint density at radius 2 is 2.12 bits per heavy atom. The van der Waals surface area contributed by atoms with Crippen LogP contribution in [0.4, 0.5) is 0 Å². The molecular weight excluding hydrogens is 218 g/mol. The van der Waals surface area contributed by atoms with Crippen molar-refractivity contribution in [3.8, 4) is 5.88 Å². The predicted octanol–water partition coefficient (Wildman–Crippen LogP) is 2.52. The molecule has 94 valence electrons. The van der Waals surface area contributed by atoms with Crippen molar-refractivity contribution in [3.63, 3.8) is 0 Å². The molecule has 0 spiro atoms. The second-order valence-electron chi connectivity index (χ2n) is 4.14. The van der Waals surface area contributed by atoms with Crippen LogP contribution in [0.2, 0.25) is 0 Å². The largest absolute Gasteiger partial charge is 0.481 e. The van der Waals surface area contributed by atoms with Gasteiger partial charge in [0.25, 0.3) is 0 Å². The summed E-state index contributed by atoms with van der Waals surface area (Å²) in [5.74, 6) is -0.242. The Morgan fingerprint density at radius 3 is 2.59 bits per heavy atom. The van der Waals surface area contributed by atoms with Gasteiger partial charge in [-0.3, -0.25) is 4.79 Å². The SMILES string of the molecule is CCC(CC)(Cc1cccnc1OC)C(=O)O. The zero-order valence-corrected chi connectivity index (χ0v) is 10.6. The van der Waals surface area contributed by atoms with E-state index in [1.54, 1.807) is 19.4 Å². The molecule has 1 aromatic rings. The lowest BCUT2D eigenvalue weighted by atomic mass is 9.77. The minimum absolute atomic E-state index is 0.451. The van der Waals surface area contributed by atoms with Crippen LogP contribution in [0.3, 0.4) is 0 Å². The van der Waals surface area contributed by atoms with E-state index in [0.29, 0.717) is 25.1 Å². The number of carboxylic acids is 1. The van der Waals surface area contributed by atoms with E-state index in [9.17, 15) is 9.90 Å². The number of nitrogens with zero attached hydrogens (tertiary/aromatic N) is 1. The van der Waals surface area contributed by atoms with E-state index < -0.39 is 11.4 Å². The fraction of sp³-hybridized carbons (Fsp3) is 0.538. The van der Waals surface area contributed by atoms with Crippen molar-refractivity contribution in [2.45, 2.75) is 33.1 Å². The lowest BCUT2D eigenvalue weighted by Crippen LogP contribution is -2.32. The van der Waals surface area contributed by atoms with E-state index >= 15 is 0 Å². The average molecular weight is 237 g/mol. The highest BCUT2D eigenvalue weighted by molar-refractivity contribution is 5.75. The number of carboxylic acid groups (broad SMARTS) is 1. The first-order valence-corrected chi connectivity index (χ1v) is 5.81. The van der Waals surface area contributed by atoms with Gasteiger partial charge < -0.3 is 9.84 Å². The van der Waals surface area contributed by atoms with Gasteiger partial charge in [-0.2, -0.15) is 0 Å². The second-order valence-corrected chi connectivity index (χ2v) is 4.14. The molecule has 0 aromatic carbocycles. The van der Waals surface area contributed by atoms with Gasteiger partial charge >= 0.3 is 5.97 Å². The molecule has 0 radical (unpaired) electrons. The van der Waals surface area contributed by atoms with Gasteiger partial charge in [0.15, 0.2) is 0 Å². The first kappa shape index (κ1) is 13.5. The molecule has 0 unspecified atom stereocenters. The molecule has 4 nitrogen and oxygen atoms in total. The molecule has 4 heteroatoms. The molecule has 1 aromatic heterocycles. The molecule has 1 rings (SSSR count). The highest BCUT2D eigenvalue weighted by Crippen LogP contribution is 2.33. The summed E-state index contributed by atoms with van der Waals surface area (Å²) < 4.78 is 5.16. The predicted molar refractivity (Wildman–Crippen MR) is 65.1 cm³/mol. The third kappa shape index (κ3) is 2.75. The van der Waals surface area contributed by atoms with Gasteiger partial charge in [-0.25, -0.2) is 4.98 Å². The summed E-state index contributed by atoms with van der Waals surface area (Å²) in [5, 5.41) is 9.39. The van der Waals surface area contributed by atoms with Crippen molar-refractivity contribution >= 4 is 5.97 Å². The molecule has 1 heterocycles. The molecule has 0 aliphatic carbocycles. The Bertz CT molecular complexity index is 386. The Labute approximate surface area is 102 Å². The number of carbonyl (C=O) groups is 1. The van der Waals surface area contributed by atoms with E-state index in [0.717, 1.165) is 5.56 Å². The van der Waals surface area contributed by atoms with E-state index in [-0.39, 0.29) is 0 Å². The lowest BCUT2D eigenvalue weighted by Gasteiger charge is -2.27. The summed E-state index contributed by atoms with van der Waals surface area (Å²) in [6.07, 6.45) is 3.28. The van der Waals surface area contributed by atoms with Crippen molar-refractivity contribution in [2.24, 2.45) is 5.41 Å². The van der Waals surface area contributed by atoms with Crippen LogP contribution in [0.5, 0.6) is 5.88 Å². The van der Waals surface area contributed by atoms with E-state index in [4.69, 9.17) is 4.74 Å². The van der Waals surface area contributed by atoms with Crippen molar-refractivity contribution in [3.05, 3.63) is 23.9 Å². The van der Waals surface area contributed by atoms with E-state index in [1.807, 2.05) is 19.9 Å². The summed E-state index contributed by atoms with van der Waals surface area (Å²) in [7, 11) is 1.55. The van der Waals surface area contributed by atoms with Gasteiger partial charge in [0, 0.05) is 11.8 Å². The highest BCUT2D eigenvalue weighted by atomic mass is 16.5. The molecule has 1 N–H and O–H groups in total. The van der Waals surface area contributed by atoms with Gasteiger partial charge in [-0.05, 0) is 25.3 Å². The van der Waals surface area contributed by atoms with E-state index in [2.05, 4.69) is 4.98 Å². The number of aliphatic carboxylic acids is 1. The number of rotatable bonds is 6. The van der Waals surface area contributed by atoms with Crippen LogP contribution < -0.4 is 4.74 Å². The molecular formula is C13H19NO3. The third-order valence-corrected chi connectivity index (χ3v) is 3.38. The second kappa shape index (κ2) is 5.66. The molecule has 0 amide bonds. The molecule has 0 aliphatic heterocycles. The van der Waals surface area contributed by atoms with Crippen molar-refractivity contribution < 1.29 is 14.6 Å². The standard InChI is InChI=1S/C13H19NO3/c1-4-13(5-2,12(15)16)9-10-7-6-8-14-11(10)17-3/h6-8H,4-5,9H2,1-3H3,(H,15,16). The van der Waals surface area contributed by atoms with Crippen LogP contribution in [-0.4, -0.2) is 23.2 Å². The molecule has 0 saturated carbocycles. The van der Waals surface area contributed by atoms with Crippen LogP contribution in [-0.2, 0) is 11.2 Å². The molecule has 0 saturated heterocycles. The van der Waals surface area contributed by atoms with Crippen molar-refractivity contribution in [1.29, 1.82) is 0 Å². The first-order chi connectivity index (χ1) is 8.09. The van der Waals surface area contributed by atoms with Gasteiger partial charge in [-0.1, -0.05) is 19.9 Å². The van der Waals surface area contributed by atoms with Gasteiger partial charge in [0.05, 0.1) is 12.5 Å². The topological polar surface area (TPSA) is 59.4 Å². The number of ether oxygens (including phenoxy) is 1. The number of pyridine rings is 1. The van der Waals surface area contributed by atoms with Crippen LogP contribution in [0, 0.1) is 5.41 Å². The minimum atomic E-state index is -0.756. The number of methoxy groups -OCH3 is 1. The molecule has 0 fully saturated rings. The van der Waals surface area contributed by atoms with Crippen molar-refractivity contribution in [1.82, 2.24) is 4.98 Å². The summed E-state index contributed by atoms with van der Waals surface area (Å²) in [6.45, 7) is 3.81. The number of hydrogen-bond donors (Lipinski definition) is 1. The summed E-state index contributed by atoms with van der Waals surface area (Å²) in [5.41, 5.74) is 0.122. The average Bonchev–Trinajstić information content (AvgIpc) is 2.36. The Morgan fingerprint density at radius 1 is 1.47 bits per heavy atom. The Hall–Kier alpha value is -1.58. The van der Waals surface area contributed by atoms with Crippen LogP contribution in [0.25, 0.3) is 0 Å². The molecule has 0 aliphatic rings. The maximum atomic E-state index is 11.4. The van der Waals surface area contributed by atoms with Crippen molar-refractivity contribution in [2.75, 3.05) is 7.11 Å². The zero-order valence-electron chi connectivity index (χ0n) is 10.6. The molecule has 17 heavy (non-hydrogen) atoms. The summed E-state index contributed by atoms with van der Waals surface area (Å²) >= 11 is 0. The first-order valence-electron chi connectivity index (χ1n) is 5.81. The van der Waals surface area contributed by atoms with E-state index in [1.165, 1.54) is 0 Å². The molecule has 0 bridgehead atoms. The fourth-order valence-electron chi connectivity index (χ4n) is 1.99. The van der Waals surface area contributed by atoms with Crippen LogP contribution in [0.15, 0.2) is 18.3 Å². The number of hydrogen-bond acceptors (Lipinski definition) is 3. The zero-order chi connectivity index (χ0) is 12.9. The van der Waals surface area contributed by atoms with Crippen LogP contribution >= 0.6 is 0 Å². The maximum absolute atomic E-state index is 11.4. The maximum Gasteiger partial charge on any atom is 0.309 e. The molecule has 0 atom stereocenters. The highest BCUT2D eigenvalue weighted by Gasteiger charge is 2.35. The van der Waals surface area contributed by atoms with Gasteiger partial charge in [0.2, 0.25) is 5.88 Å². The van der Waals surface area contributed by atoms with Gasteiger partial charge in [0.1, 0.15) is 0 Å².